The lowest BCUT2D eigenvalue weighted by Crippen LogP contribution is -2.02. The van der Waals surface area contributed by atoms with Crippen molar-refractivity contribution >= 4 is 17.3 Å². The molecule has 2 aromatic rings. The van der Waals surface area contributed by atoms with Gasteiger partial charge >= 0.3 is 0 Å². The Balaban J connectivity index is 1.66. The molecule has 0 unspecified atom stereocenters. The van der Waals surface area contributed by atoms with Crippen molar-refractivity contribution in [2.24, 2.45) is 0 Å². The summed E-state index contributed by atoms with van der Waals surface area (Å²) in [5, 5.41) is 3.51. The van der Waals surface area contributed by atoms with Crippen LogP contribution in [0.2, 0.25) is 0 Å². The van der Waals surface area contributed by atoms with Crippen LogP contribution in [0.1, 0.15) is 30.4 Å². The van der Waals surface area contributed by atoms with E-state index in [0.717, 1.165) is 31.7 Å². The highest BCUT2D eigenvalue weighted by Gasteiger charge is 1.97. The van der Waals surface area contributed by atoms with Crippen LogP contribution in [0.15, 0.2) is 54.6 Å². The van der Waals surface area contributed by atoms with E-state index in [1.165, 1.54) is 29.7 Å². The first-order chi connectivity index (χ1) is 10.4. The fraction of sp³-hybridized carbons (Fsp3) is 0.368. The van der Waals surface area contributed by atoms with E-state index in [9.17, 15) is 0 Å². The van der Waals surface area contributed by atoms with E-state index in [1.807, 2.05) is 0 Å². The van der Waals surface area contributed by atoms with Crippen LogP contribution in [0.3, 0.4) is 0 Å². The van der Waals surface area contributed by atoms with Crippen molar-refractivity contribution in [2.75, 3.05) is 17.7 Å². The molecule has 0 bridgehead atoms. The van der Waals surface area contributed by atoms with Crippen LogP contribution < -0.4 is 5.32 Å². The Hall–Kier alpha value is -1.47. The van der Waals surface area contributed by atoms with Crippen LogP contribution in [-0.2, 0) is 12.8 Å². The van der Waals surface area contributed by atoms with Gasteiger partial charge in [0.15, 0.2) is 0 Å². The summed E-state index contributed by atoms with van der Waals surface area (Å²) in [6, 6.07) is 19.4. The first kappa shape index (κ1) is 15.9. The average molecular weight is 302 g/mol. The summed E-state index contributed by atoms with van der Waals surface area (Å²) in [6.45, 7) is 1.03. The molecule has 0 atom stereocenters. The molecule has 0 amide bonds. The van der Waals surface area contributed by atoms with Gasteiger partial charge in [0.05, 0.1) is 0 Å². The second-order valence-corrected chi connectivity index (χ2v) is 5.74. The molecule has 1 nitrogen and oxygen atoms in total. The van der Waals surface area contributed by atoms with Crippen LogP contribution in [0.4, 0.5) is 5.69 Å². The predicted octanol–water partition coefficient (Wildman–Crippen LogP) is 5.29. The quantitative estimate of drug-likeness (QED) is 0.490. The third-order valence-corrected chi connectivity index (χ3v) is 3.86. The van der Waals surface area contributed by atoms with Crippen molar-refractivity contribution in [3.05, 3.63) is 65.7 Å². The average Bonchev–Trinajstić information content (AvgIpc) is 2.54. The number of nitrogens with one attached hydrogen (secondary N) is 1. The molecule has 2 aromatic carbocycles. The van der Waals surface area contributed by atoms with Crippen molar-refractivity contribution < 1.29 is 0 Å². The Labute approximate surface area is 133 Å². The number of halogens is 1. The van der Waals surface area contributed by atoms with Gasteiger partial charge in [-0.15, -0.1) is 11.6 Å². The lowest BCUT2D eigenvalue weighted by atomic mass is 10.1. The van der Waals surface area contributed by atoms with Gasteiger partial charge in [0.1, 0.15) is 0 Å². The number of anilines is 1. The number of aryl methyl sites for hydroxylation is 2. The van der Waals surface area contributed by atoms with Gasteiger partial charge in [-0.1, -0.05) is 42.5 Å². The maximum atomic E-state index is 5.74. The number of hydrogen-bond donors (Lipinski definition) is 1. The van der Waals surface area contributed by atoms with E-state index in [2.05, 4.69) is 59.9 Å². The molecule has 21 heavy (non-hydrogen) atoms. The Kier molecular flexibility index (Phi) is 7.17. The molecule has 112 valence electrons. The summed E-state index contributed by atoms with van der Waals surface area (Å²) in [5.74, 6) is 0.733. The lowest BCUT2D eigenvalue weighted by Gasteiger charge is -2.08. The molecule has 0 radical (unpaired) electrons. The number of alkyl halides is 1. The summed E-state index contributed by atoms with van der Waals surface area (Å²) < 4.78 is 0. The summed E-state index contributed by atoms with van der Waals surface area (Å²) >= 11 is 5.74. The lowest BCUT2D eigenvalue weighted by molar-refractivity contribution is 0.763. The summed E-state index contributed by atoms with van der Waals surface area (Å²) in [6.07, 6.45) is 5.69. The van der Waals surface area contributed by atoms with Gasteiger partial charge < -0.3 is 5.32 Å². The number of hydrogen-bond acceptors (Lipinski definition) is 1. The van der Waals surface area contributed by atoms with Gasteiger partial charge in [0.25, 0.3) is 0 Å². The van der Waals surface area contributed by atoms with E-state index in [-0.39, 0.29) is 0 Å². The Morgan fingerprint density at radius 3 is 2.33 bits per heavy atom. The summed E-state index contributed by atoms with van der Waals surface area (Å²) in [4.78, 5) is 0. The number of unbranched alkanes of at least 4 members (excludes halogenated alkanes) is 1. The second kappa shape index (κ2) is 9.46. The van der Waals surface area contributed by atoms with E-state index in [4.69, 9.17) is 11.6 Å². The van der Waals surface area contributed by atoms with Crippen LogP contribution >= 0.6 is 11.6 Å². The van der Waals surface area contributed by atoms with E-state index in [1.54, 1.807) is 0 Å². The van der Waals surface area contributed by atoms with Crippen molar-refractivity contribution in [1.29, 1.82) is 0 Å². The standard InChI is InChI=1S/C19H24ClN/c20-14-7-12-18-11-6-13-19(16-18)21-15-5-4-10-17-8-2-1-3-9-17/h1-3,6,8-9,11,13,16,21H,4-5,7,10,12,14-15H2. The summed E-state index contributed by atoms with van der Waals surface area (Å²) in [7, 11) is 0. The third kappa shape index (κ3) is 6.22. The molecular weight excluding hydrogens is 278 g/mol. The van der Waals surface area contributed by atoms with Gasteiger partial charge in [0, 0.05) is 18.1 Å². The minimum atomic E-state index is 0.733. The highest BCUT2D eigenvalue weighted by Crippen LogP contribution is 2.13. The first-order valence-corrected chi connectivity index (χ1v) is 8.34. The Morgan fingerprint density at radius 1 is 0.762 bits per heavy atom. The second-order valence-electron chi connectivity index (χ2n) is 5.36. The van der Waals surface area contributed by atoms with Crippen LogP contribution in [0.25, 0.3) is 0 Å². The van der Waals surface area contributed by atoms with Crippen LogP contribution in [0, 0.1) is 0 Å². The van der Waals surface area contributed by atoms with Crippen LogP contribution in [-0.4, -0.2) is 12.4 Å². The smallest absolute Gasteiger partial charge is 0.0342 e. The highest BCUT2D eigenvalue weighted by molar-refractivity contribution is 6.17. The number of rotatable bonds is 9. The Morgan fingerprint density at radius 2 is 1.52 bits per heavy atom. The zero-order valence-electron chi connectivity index (χ0n) is 12.5. The monoisotopic (exact) mass is 301 g/mol. The number of benzene rings is 2. The van der Waals surface area contributed by atoms with Gasteiger partial charge in [-0.25, -0.2) is 0 Å². The predicted molar refractivity (Wildman–Crippen MR) is 93.4 cm³/mol. The van der Waals surface area contributed by atoms with E-state index < -0.39 is 0 Å². The molecule has 0 aliphatic rings. The van der Waals surface area contributed by atoms with Gasteiger partial charge in [-0.2, -0.15) is 0 Å². The fourth-order valence-electron chi connectivity index (χ4n) is 2.44. The maximum absolute atomic E-state index is 5.74. The molecule has 0 aliphatic carbocycles. The molecule has 0 aliphatic heterocycles. The zero-order valence-corrected chi connectivity index (χ0v) is 13.3. The molecule has 0 saturated carbocycles. The normalized spacial score (nSPS) is 10.5. The van der Waals surface area contributed by atoms with Gasteiger partial charge in [-0.05, 0) is 55.4 Å². The van der Waals surface area contributed by atoms with Crippen molar-refractivity contribution in [3.63, 3.8) is 0 Å². The van der Waals surface area contributed by atoms with Gasteiger partial charge in [0.2, 0.25) is 0 Å². The van der Waals surface area contributed by atoms with E-state index in [0.29, 0.717) is 0 Å². The zero-order chi connectivity index (χ0) is 14.8. The van der Waals surface area contributed by atoms with Crippen molar-refractivity contribution in [3.8, 4) is 0 Å². The molecular formula is C19H24ClN. The molecule has 0 saturated heterocycles. The molecule has 0 spiro atoms. The molecule has 0 aromatic heterocycles. The molecule has 0 heterocycles. The first-order valence-electron chi connectivity index (χ1n) is 7.81. The molecule has 2 rings (SSSR count). The SMILES string of the molecule is ClCCCc1cccc(NCCCCc2ccccc2)c1. The third-order valence-electron chi connectivity index (χ3n) is 3.59. The largest absolute Gasteiger partial charge is 0.385 e. The Bertz CT molecular complexity index is 510. The van der Waals surface area contributed by atoms with E-state index >= 15 is 0 Å². The molecule has 1 N–H and O–H groups in total. The minimum absolute atomic E-state index is 0.733. The molecule has 0 fully saturated rings. The highest BCUT2D eigenvalue weighted by atomic mass is 35.5. The minimum Gasteiger partial charge on any atom is -0.385 e. The molecule has 2 heteroatoms. The van der Waals surface area contributed by atoms with Crippen molar-refractivity contribution in [1.82, 2.24) is 0 Å². The van der Waals surface area contributed by atoms with Gasteiger partial charge in [-0.3, -0.25) is 0 Å². The fourth-order valence-corrected chi connectivity index (χ4v) is 2.57. The maximum Gasteiger partial charge on any atom is 0.0342 e. The topological polar surface area (TPSA) is 12.0 Å². The summed E-state index contributed by atoms with van der Waals surface area (Å²) in [5.41, 5.74) is 4.02. The van der Waals surface area contributed by atoms with Crippen molar-refractivity contribution in [2.45, 2.75) is 32.1 Å². The van der Waals surface area contributed by atoms with Crippen LogP contribution in [0.5, 0.6) is 0 Å².